The van der Waals surface area contributed by atoms with Crippen molar-refractivity contribution in [3.8, 4) is 0 Å². The Morgan fingerprint density at radius 3 is 2.69 bits per heavy atom. The van der Waals surface area contributed by atoms with E-state index in [1.807, 2.05) is 0 Å². The molecule has 0 aromatic heterocycles. The number of hydrogen-bond donors (Lipinski definition) is 2. The number of aliphatic hydroxyl groups is 1. The molecule has 6 nitrogen and oxygen atoms in total. The van der Waals surface area contributed by atoms with Crippen LogP contribution in [-0.2, 0) is 18.6 Å². The van der Waals surface area contributed by atoms with E-state index < -0.39 is 31.9 Å². The van der Waals surface area contributed by atoms with E-state index in [9.17, 15) is 14.6 Å². The summed E-state index contributed by atoms with van der Waals surface area (Å²) >= 11 is 0. The van der Waals surface area contributed by atoms with Crippen molar-refractivity contribution in [2.24, 2.45) is 0 Å². The minimum absolute atomic E-state index is 0.0365. The second-order valence-corrected chi connectivity index (χ2v) is 5.73. The van der Waals surface area contributed by atoms with Gasteiger partial charge in [-0.3, -0.25) is 9.09 Å². The zero-order valence-corrected chi connectivity index (χ0v) is 10.2. The molecule has 1 aliphatic heterocycles. The standard InChI is InChI=1S/C8H16BO6P/c1-3-16(11,12)15-7-5(4-13-2)14-8(9)6(7)10/h5-8,10H,3-4H2,1-2H3,(H,11,12)/t5-,6?,7+,8-/m1/s1. The molecule has 2 radical (unpaired) electrons. The summed E-state index contributed by atoms with van der Waals surface area (Å²) in [5.74, 6) is 0. The van der Waals surface area contributed by atoms with Crippen LogP contribution >= 0.6 is 7.60 Å². The molecular weight excluding hydrogens is 234 g/mol. The molecule has 1 heterocycles. The quantitative estimate of drug-likeness (QED) is 0.504. The number of aliphatic hydroxyl groups excluding tert-OH is 1. The highest BCUT2D eigenvalue weighted by molar-refractivity contribution is 7.52. The first-order valence-corrected chi connectivity index (χ1v) is 6.76. The lowest BCUT2D eigenvalue weighted by atomic mass is 9.93. The van der Waals surface area contributed by atoms with Crippen LogP contribution < -0.4 is 0 Å². The number of hydrogen-bond acceptors (Lipinski definition) is 5. The van der Waals surface area contributed by atoms with Crippen molar-refractivity contribution in [1.29, 1.82) is 0 Å². The summed E-state index contributed by atoms with van der Waals surface area (Å²) in [5, 5.41) is 9.65. The molecule has 1 aliphatic rings. The van der Waals surface area contributed by atoms with Crippen molar-refractivity contribution >= 4 is 15.4 Å². The van der Waals surface area contributed by atoms with E-state index in [0.29, 0.717) is 0 Å². The molecule has 16 heavy (non-hydrogen) atoms. The summed E-state index contributed by atoms with van der Waals surface area (Å²) in [6, 6.07) is -0.929. The highest BCUT2D eigenvalue weighted by Crippen LogP contribution is 2.45. The Hall–Kier alpha value is 0.0949. The summed E-state index contributed by atoms with van der Waals surface area (Å²) in [6.07, 6.45) is -2.74. The Morgan fingerprint density at radius 2 is 2.19 bits per heavy atom. The van der Waals surface area contributed by atoms with Crippen LogP contribution in [0.4, 0.5) is 0 Å². The van der Waals surface area contributed by atoms with Crippen molar-refractivity contribution in [2.45, 2.75) is 31.2 Å². The second kappa shape index (κ2) is 5.62. The maximum Gasteiger partial charge on any atom is 0.328 e. The van der Waals surface area contributed by atoms with E-state index >= 15 is 0 Å². The molecule has 0 aliphatic carbocycles. The van der Waals surface area contributed by atoms with Gasteiger partial charge >= 0.3 is 7.60 Å². The Kier molecular flexibility index (Phi) is 4.97. The van der Waals surface area contributed by atoms with Gasteiger partial charge in [0.15, 0.2) is 0 Å². The van der Waals surface area contributed by atoms with Gasteiger partial charge in [-0.1, -0.05) is 6.92 Å². The lowest BCUT2D eigenvalue weighted by Gasteiger charge is -2.22. The van der Waals surface area contributed by atoms with Crippen molar-refractivity contribution in [3.05, 3.63) is 0 Å². The molecule has 0 saturated carbocycles. The minimum Gasteiger partial charge on any atom is -0.388 e. The second-order valence-electron chi connectivity index (χ2n) is 3.61. The fourth-order valence-corrected chi connectivity index (χ4v) is 2.25. The van der Waals surface area contributed by atoms with Gasteiger partial charge in [0.05, 0.1) is 6.61 Å². The SMILES string of the molecule is [B][C@@H]1O[C@H](COC)[C@H](OP(=O)(O)CC)C1O. The van der Waals surface area contributed by atoms with Crippen LogP contribution in [-0.4, -0.2) is 62.0 Å². The number of ether oxygens (including phenoxy) is 2. The predicted octanol–water partition coefficient (Wildman–Crippen LogP) is -0.522. The Labute approximate surface area is 95.8 Å². The molecule has 0 aromatic carbocycles. The van der Waals surface area contributed by atoms with Gasteiger partial charge in [0.2, 0.25) is 0 Å². The third-order valence-electron chi connectivity index (χ3n) is 2.39. The van der Waals surface area contributed by atoms with Crippen molar-refractivity contribution in [1.82, 2.24) is 0 Å². The average Bonchev–Trinajstić information content (AvgIpc) is 2.47. The zero-order chi connectivity index (χ0) is 12.3. The van der Waals surface area contributed by atoms with E-state index in [2.05, 4.69) is 0 Å². The van der Waals surface area contributed by atoms with Crippen molar-refractivity contribution in [3.63, 3.8) is 0 Å². The zero-order valence-electron chi connectivity index (χ0n) is 9.28. The molecule has 5 atom stereocenters. The highest BCUT2D eigenvalue weighted by atomic mass is 31.2. The fourth-order valence-electron chi connectivity index (χ4n) is 1.46. The van der Waals surface area contributed by atoms with Crippen LogP contribution in [0, 0.1) is 0 Å². The molecule has 0 spiro atoms. The Balaban J connectivity index is 2.70. The fraction of sp³-hybridized carbons (Fsp3) is 1.00. The van der Waals surface area contributed by atoms with Gasteiger partial charge in [-0.15, -0.1) is 0 Å². The first kappa shape index (κ1) is 14.2. The maximum absolute atomic E-state index is 11.4. The van der Waals surface area contributed by atoms with E-state index in [-0.39, 0.29) is 12.8 Å². The molecule has 2 N–H and O–H groups in total. The topological polar surface area (TPSA) is 85.2 Å². The van der Waals surface area contributed by atoms with Gasteiger partial charge in [0.25, 0.3) is 0 Å². The summed E-state index contributed by atoms with van der Waals surface area (Å²) in [4.78, 5) is 9.36. The molecule has 0 aromatic rings. The predicted molar refractivity (Wildman–Crippen MR) is 57.5 cm³/mol. The van der Waals surface area contributed by atoms with Crippen LogP contribution in [0.1, 0.15) is 6.92 Å². The van der Waals surface area contributed by atoms with Crippen LogP contribution in [0.15, 0.2) is 0 Å². The van der Waals surface area contributed by atoms with Gasteiger partial charge in [-0.05, 0) is 0 Å². The third-order valence-corrected chi connectivity index (χ3v) is 3.76. The van der Waals surface area contributed by atoms with Crippen molar-refractivity contribution in [2.75, 3.05) is 19.9 Å². The molecule has 1 fully saturated rings. The molecule has 8 heteroatoms. The van der Waals surface area contributed by atoms with Crippen LogP contribution in [0.5, 0.6) is 0 Å². The molecule has 0 amide bonds. The first-order chi connectivity index (χ1) is 7.41. The van der Waals surface area contributed by atoms with E-state index in [1.54, 1.807) is 0 Å². The molecular formula is C8H16BO6P. The third kappa shape index (κ3) is 3.29. The monoisotopic (exact) mass is 250 g/mol. The summed E-state index contributed by atoms with van der Waals surface area (Å²) < 4.78 is 26.4. The largest absolute Gasteiger partial charge is 0.388 e. The van der Waals surface area contributed by atoms with E-state index in [1.165, 1.54) is 14.0 Å². The van der Waals surface area contributed by atoms with Gasteiger partial charge in [0, 0.05) is 19.3 Å². The van der Waals surface area contributed by atoms with E-state index in [4.69, 9.17) is 21.8 Å². The molecule has 92 valence electrons. The lowest BCUT2D eigenvalue weighted by molar-refractivity contribution is -0.0147. The highest BCUT2D eigenvalue weighted by Gasteiger charge is 2.44. The minimum atomic E-state index is -3.70. The lowest BCUT2D eigenvalue weighted by Crippen LogP contribution is -2.36. The summed E-state index contributed by atoms with van der Waals surface area (Å²) in [7, 11) is 3.23. The molecule has 2 unspecified atom stereocenters. The van der Waals surface area contributed by atoms with Crippen LogP contribution in [0.25, 0.3) is 0 Å². The Bertz CT molecular complexity index is 275. The van der Waals surface area contributed by atoms with Gasteiger partial charge in [-0.2, -0.15) is 0 Å². The van der Waals surface area contributed by atoms with Gasteiger partial charge in [0.1, 0.15) is 26.2 Å². The number of rotatable bonds is 5. The van der Waals surface area contributed by atoms with Gasteiger partial charge in [-0.25, -0.2) is 0 Å². The first-order valence-electron chi connectivity index (χ1n) is 4.99. The molecule has 1 rings (SSSR count). The Morgan fingerprint density at radius 1 is 1.56 bits per heavy atom. The summed E-state index contributed by atoms with van der Waals surface area (Å²) in [5.41, 5.74) is 0. The van der Waals surface area contributed by atoms with Crippen molar-refractivity contribution < 1.29 is 28.6 Å². The van der Waals surface area contributed by atoms with Gasteiger partial charge < -0.3 is 19.5 Å². The smallest absolute Gasteiger partial charge is 0.328 e. The molecule has 1 saturated heterocycles. The average molecular weight is 250 g/mol. The van der Waals surface area contributed by atoms with Crippen LogP contribution in [0.3, 0.4) is 0 Å². The summed E-state index contributed by atoms with van der Waals surface area (Å²) in [6.45, 7) is 1.66. The van der Waals surface area contributed by atoms with E-state index in [0.717, 1.165) is 0 Å². The normalized spacial score (nSPS) is 38.5. The maximum atomic E-state index is 11.4. The molecule has 0 bridgehead atoms. The van der Waals surface area contributed by atoms with Crippen LogP contribution in [0.2, 0.25) is 0 Å². The number of methoxy groups -OCH3 is 1.